The topological polar surface area (TPSA) is 75.6 Å². The molecule has 0 saturated carbocycles. The van der Waals surface area contributed by atoms with Crippen molar-refractivity contribution in [3.05, 3.63) is 76.0 Å². The lowest BCUT2D eigenvalue weighted by Gasteiger charge is -2.25. The summed E-state index contributed by atoms with van der Waals surface area (Å²) in [6, 6.07) is 15.4. The average Bonchev–Trinajstić information content (AvgIpc) is 3.25. The molecule has 2 aromatic carbocycles. The van der Waals surface area contributed by atoms with Gasteiger partial charge in [0.1, 0.15) is 11.4 Å². The second-order valence-electron chi connectivity index (χ2n) is 7.78. The molecule has 1 heterocycles. The zero-order valence-electron chi connectivity index (χ0n) is 17.9. The molecule has 0 bridgehead atoms. The molecule has 0 atom stereocenters. The molecular formula is C24H22F3NO4S. The molecular weight excluding hydrogens is 455 g/mol. The molecule has 0 aliphatic rings. The number of rotatable bonds is 8. The van der Waals surface area contributed by atoms with E-state index >= 15 is 0 Å². The van der Waals surface area contributed by atoms with Gasteiger partial charge in [-0.2, -0.15) is 13.2 Å². The fraction of sp³-hybridized carbons (Fsp3) is 0.250. The molecule has 0 saturated heterocycles. The van der Waals surface area contributed by atoms with Crippen LogP contribution in [-0.2, 0) is 16.6 Å². The SMILES string of the molecule is CC(C)(Oc1ccc(-c2ccc(C(F)(F)F)cc2)cc1)c1ccc(C(=O)NCCC(=O)O)s1. The first-order valence-electron chi connectivity index (χ1n) is 10.0. The molecule has 33 heavy (non-hydrogen) atoms. The Bertz CT molecular complexity index is 1120. The molecule has 174 valence electrons. The molecule has 0 aliphatic heterocycles. The standard InChI is InChI=1S/C24H22F3NO4S/c1-23(2,20-12-11-19(33-20)22(31)28-14-13-21(29)30)32-18-9-5-16(6-10-18)15-3-7-17(8-4-15)24(25,26)27/h3-12H,13-14H2,1-2H3,(H,28,31)(H,29,30). The third-order valence-electron chi connectivity index (χ3n) is 4.82. The Hall–Kier alpha value is -3.33. The molecule has 0 spiro atoms. The van der Waals surface area contributed by atoms with Crippen molar-refractivity contribution in [3.8, 4) is 16.9 Å². The van der Waals surface area contributed by atoms with Crippen molar-refractivity contribution in [1.82, 2.24) is 5.32 Å². The van der Waals surface area contributed by atoms with Crippen LogP contribution >= 0.6 is 11.3 Å². The van der Waals surface area contributed by atoms with E-state index in [1.807, 2.05) is 13.8 Å². The Kier molecular flexibility index (Phi) is 7.12. The number of nitrogens with one attached hydrogen (secondary N) is 1. The molecule has 3 aromatic rings. The Morgan fingerprint density at radius 3 is 2.06 bits per heavy atom. The lowest BCUT2D eigenvalue weighted by molar-refractivity contribution is -0.138. The normalized spacial score (nSPS) is 11.8. The number of aliphatic carboxylic acids is 1. The molecule has 2 N–H and O–H groups in total. The molecule has 0 radical (unpaired) electrons. The van der Waals surface area contributed by atoms with Crippen LogP contribution in [0, 0.1) is 0 Å². The molecule has 9 heteroatoms. The van der Waals surface area contributed by atoms with E-state index in [1.165, 1.54) is 23.5 Å². The van der Waals surface area contributed by atoms with Gasteiger partial charge in [-0.3, -0.25) is 9.59 Å². The monoisotopic (exact) mass is 477 g/mol. The predicted molar refractivity (Wildman–Crippen MR) is 119 cm³/mol. The molecule has 1 aromatic heterocycles. The van der Waals surface area contributed by atoms with Gasteiger partial charge in [0.15, 0.2) is 0 Å². The fourth-order valence-corrected chi connectivity index (χ4v) is 4.03. The maximum atomic E-state index is 12.7. The van der Waals surface area contributed by atoms with E-state index in [0.717, 1.165) is 22.6 Å². The van der Waals surface area contributed by atoms with Crippen LogP contribution in [0.5, 0.6) is 5.75 Å². The zero-order chi connectivity index (χ0) is 24.2. The van der Waals surface area contributed by atoms with Gasteiger partial charge >= 0.3 is 12.1 Å². The van der Waals surface area contributed by atoms with Crippen LogP contribution in [0.3, 0.4) is 0 Å². The number of hydrogen-bond donors (Lipinski definition) is 2. The summed E-state index contributed by atoms with van der Waals surface area (Å²) < 4.78 is 44.3. The number of hydrogen-bond acceptors (Lipinski definition) is 4. The van der Waals surface area contributed by atoms with Gasteiger partial charge in [-0.1, -0.05) is 24.3 Å². The highest BCUT2D eigenvalue weighted by molar-refractivity contribution is 7.14. The number of thiophene rings is 1. The summed E-state index contributed by atoms with van der Waals surface area (Å²) in [7, 11) is 0. The van der Waals surface area contributed by atoms with Crippen molar-refractivity contribution in [2.75, 3.05) is 6.54 Å². The highest BCUT2D eigenvalue weighted by Gasteiger charge is 2.30. The summed E-state index contributed by atoms with van der Waals surface area (Å²) in [6.07, 6.45) is -4.52. The van der Waals surface area contributed by atoms with Crippen LogP contribution in [0.25, 0.3) is 11.1 Å². The van der Waals surface area contributed by atoms with Crippen molar-refractivity contribution in [3.63, 3.8) is 0 Å². The second-order valence-corrected chi connectivity index (χ2v) is 8.86. The molecule has 0 unspecified atom stereocenters. The van der Waals surface area contributed by atoms with E-state index in [1.54, 1.807) is 36.4 Å². The Balaban J connectivity index is 1.66. The third-order valence-corrected chi connectivity index (χ3v) is 6.21. The van der Waals surface area contributed by atoms with E-state index in [9.17, 15) is 22.8 Å². The minimum absolute atomic E-state index is 0.0482. The maximum absolute atomic E-state index is 12.7. The van der Waals surface area contributed by atoms with Gasteiger partial charge in [-0.05, 0) is 61.4 Å². The van der Waals surface area contributed by atoms with Gasteiger partial charge < -0.3 is 15.2 Å². The number of carbonyl (C=O) groups excluding carboxylic acids is 1. The highest BCUT2D eigenvalue weighted by atomic mass is 32.1. The number of amides is 1. The zero-order valence-corrected chi connectivity index (χ0v) is 18.7. The van der Waals surface area contributed by atoms with E-state index in [2.05, 4.69) is 5.32 Å². The van der Waals surface area contributed by atoms with Crippen molar-refractivity contribution < 1.29 is 32.6 Å². The summed E-state index contributed by atoms with van der Waals surface area (Å²) in [5.74, 6) is -0.762. The molecule has 0 fully saturated rings. The number of carbonyl (C=O) groups is 2. The van der Waals surface area contributed by atoms with Crippen molar-refractivity contribution in [2.45, 2.75) is 32.0 Å². The van der Waals surface area contributed by atoms with Gasteiger partial charge in [0.25, 0.3) is 5.91 Å². The van der Waals surface area contributed by atoms with E-state index in [-0.39, 0.29) is 18.9 Å². The first kappa shape index (κ1) is 24.3. The fourth-order valence-electron chi connectivity index (χ4n) is 3.07. The van der Waals surface area contributed by atoms with Gasteiger partial charge in [0.05, 0.1) is 16.9 Å². The minimum Gasteiger partial charge on any atom is -0.482 e. The maximum Gasteiger partial charge on any atom is 0.416 e. The first-order chi connectivity index (χ1) is 15.5. The number of alkyl halides is 3. The van der Waals surface area contributed by atoms with Crippen molar-refractivity contribution >= 4 is 23.2 Å². The summed E-state index contributed by atoms with van der Waals surface area (Å²) in [5.41, 5.74) is -0.0325. The largest absolute Gasteiger partial charge is 0.482 e. The molecule has 5 nitrogen and oxygen atoms in total. The minimum atomic E-state index is -4.37. The summed E-state index contributed by atoms with van der Waals surface area (Å²) in [5, 5.41) is 11.2. The van der Waals surface area contributed by atoms with Gasteiger partial charge in [-0.15, -0.1) is 11.3 Å². The Morgan fingerprint density at radius 1 is 0.939 bits per heavy atom. The Morgan fingerprint density at radius 2 is 1.52 bits per heavy atom. The van der Waals surface area contributed by atoms with Crippen LogP contribution in [0.4, 0.5) is 13.2 Å². The molecule has 3 rings (SSSR count). The summed E-state index contributed by atoms with van der Waals surface area (Å²) in [6.45, 7) is 3.76. The quantitative estimate of drug-likeness (QED) is 0.420. The van der Waals surface area contributed by atoms with Gasteiger partial charge in [-0.25, -0.2) is 0 Å². The van der Waals surface area contributed by atoms with E-state index in [0.29, 0.717) is 16.2 Å². The van der Waals surface area contributed by atoms with Crippen LogP contribution in [0.2, 0.25) is 0 Å². The first-order valence-corrected chi connectivity index (χ1v) is 10.8. The predicted octanol–water partition coefficient (Wildman–Crippen LogP) is 5.95. The Labute approximate surface area is 192 Å². The average molecular weight is 478 g/mol. The number of benzene rings is 2. The third kappa shape index (κ3) is 6.35. The van der Waals surface area contributed by atoms with Crippen LogP contribution in [-0.4, -0.2) is 23.5 Å². The molecule has 0 aliphatic carbocycles. The van der Waals surface area contributed by atoms with Crippen molar-refractivity contribution in [1.29, 1.82) is 0 Å². The van der Waals surface area contributed by atoms with Crippen molar-refractivity contribution in [2.24, 2.45) is 0 Å². The van der Waals surface area contributed by atoms with Gasteiger partial charge in [0, 0.05) is 11.4 Å². The van der Waals surface area contributed by atoms with Crippen LogP contribution < -0.4 is 10.1 Å². The van der Waals surface area contributed by atoms with E-state index < -0.39 is 23.3 Å². The van der Waals surface area contributed by atoms with Crippen LogP contribution in [0.15, 0.2) is 60.7 Å². The second kappa shape index (κ2) is 9.66. The summed E-state index contributed by atoms with van der Waals surface area (Å²) in [4.78, 5) is 24.0. The number of carboxylic acids is 1. The lowest BCUT2D eigenvalue weighted by Crippen LogP contribution is -2.25. The summed E-state index contributed by atoms with van der Waals surface area (Å²) >= 11 is 1.25. The van der Waals surface area contributed by atoms with E-state index in [4.69, 9.17) is 9.84 Å². The number of carboxylic acid groups (broad SMARTS) is 1. The molecule has 1 amide bonds. The smallest absolute Gasteiger partial charge is 0.416 e. The lowest BCUT2D eigenvalue weighted by atomic mass is 10.0. The highest BCUT2D eigenvalue weighted by Crippen LogP contribution is 2.34. The number of halogens is 3. The van der Waals surface area contributed by atoms with Gasteiger partial charge in [0.2, 0.25) is 0 Å². The number of ether oxygens (including phenoxy) is 1. The van der Waals surface area contributed by atoms with Crippen LogP contribution in [0.1, 0.15) is 40.4 Å².